The third kappa shape index (κ3) is 8.18. The highest BCUT2D eigenvalue weighted by atomic mass is 16.5. The second kappa shape index (κ2) is 7.82. The number of ether oxygens (including phenoxy) is 1. The Morgan fingerprint density at radius 2 is 2.00 bits per heavy atom. The van der Waals surface area contributed by atoms with Crippen molar-refractivity contribution in [2.75, 3.05) is 39.4 Å². The molecule has 0 radical (unpaired) electrons. The lowest BCUT2D eigenvalue weighted by molar-refractivity contribution is -0.121. The number of amides is 1. The van der Waals surface area contributed by atoms with Crippen molar-refractivity contribution in [3.05, 3.63) is 0 Å². The topological polar surface area (TPSA) is 67.6 Å². The van der Waals surface area contributed by atoms with Gasteiger partial charge in [0.15, 0.2) is 0 Å². The molecule has 5 heteroatoms. The van der Waals surface area contributed by atoms with Crippen LogP contribution < -0.4 is 11.1 Å². The Labute approximate surface area is 116 Å². The van der Waals surface area contributed by atoms with Crippen molar-refractivity contribution < 1.29 is 9.53 Å². The number of nitrogens with one attached hydrogen (secondary N) is 1. The molecule has 3 N–H and O–H groups in total. The van der Waals surface area contributed by atoms with Crippen LogP contribution in [0.5, 0.6) is 0 Å². The van der Waals surface area contributed by atoms with Crippen molar-refractivity contribution in [3.63, 3.8) is 0 Å². The number of nitrogens with two attached hydrogens (primary N) is 1. The second-order valence-electron chi connectivity index (χ2n) is 6.53. The molecule has 5 nitrogen and oxygen atoms in total. The van der Waals surface area contributed by atoms with Crippen molar-refractivity contribution in [2.45, 2.75) is 39.7 Å². The van der Waals surface area contributed by atoms with Crippen molar-refractivity contribution in [3.8, 4) is 0 Å². The van der Waals surface area contributed by atoms with Crippen LogP contribution in [-0.4, -0.2) is 56.2 Å². The van der Waals surface area contributed by atoms with E-state index in [4.69, 9.17) is 10.5 Å². The maximum Gasteiger partial charge on any atom is 0.221 e. The average Bonchev–Trinajstić information content (AvgIpc) is 2.27. The van der Waals surface area contributed by atoms with Crippen LogP contribution in [0.3, 0.4) is 0 Å². The third-order valence-corrected chi connectivity index (χ3v) is 3.18. The Morgan fingerprint density at radius 1 is 1.37 bits per heavy atom. The predicted molar refractivity (Wildman–Crippen MR) is 76.9 cm³/mol. The zero-order valence-electron chi connectivity index (χ0n) is 12.6. The average molecular weight is 271 g/mol. The molecule has 1 fully saturated rings. The van der Waals surface area contributed by atoms with Crippen LogP contribution in [0.1, 0.15) is 33.6 Å². The van der Waals surface area contributed by atoms with Gasteiger partial charge in [-0.1, -0.05) is 20.8 Å². The highest BCUT2D eigenvalue weighted by Crippen LogP contribution is 2.20. The van der Waals surface area contributed by atoms with E-state index in [1.807, 2.05) is 0 Å². The van der Waals surface area contributed by atoms with Gasteiger partial charge in [-0.15, -0.1) is 0 Å². The smallest absolute Gasteiger partial charge is 0.221 e. The first-order valence-corrected chi connectivity index (χ1v) is 7.19. The maximum atomic E-state index is 11.7. The van der Waals surface area contributed by atoms with E-state index in [0.29, 0.717) is 13.0 Å². The lowest BCUT2D eigenvalue weighted by atomic mass is 9.87. The van der Waals surface area contributed by atoms with Gasteiger partial charge in [0.05, 0.1) is 13.2 Å². The monoisotopic (exact) mass is 271 g/mol. The molecule has 1 unspecified atom stereocenters. The van der Waals surface area contributed by atoms with Gasteiger partial charge in [0.25, 0.3) is 0 Å². The summed E-state index contributed by atoms with van der Waals surface area (Å²) in [6.07, 6.45) is 1.28. The number of rotatable bonds is 6. The zero-order chi connectivity index (χ0) is 14.3. The number of nitrogens with zero attached hydrogens (tertiary/aromatic N) is 1. The summed E-state index contributed by atoms with van der Waals surface area (Å²) < 4.78 is 5.28. The highest BCUT2D eigenvalue weighted by molar-refractivity contribution is 5.76. The molecular weight excluding hydrogens is 242 g/mol. The lowest BCUT2D eigenvalue weighted by Gasteiger charge is -2.26. The van der Waals surface area contributed by atoms with E-state index in [1.54, 1.807) is 0 Å². The number of hydrogen-bond donors (Lipinski definition) is 2. The highest BCUT2D eigenvalue weighted by Gasteiger charge is 2.18. The van der Waals surface area contributed by atoms with Crippen molar-refractivity contribution in [1.82, 2.24) is 10.2 Å². The molecule has 1 amide bonds. The summed E-state index contributed by atoms with van der Waals surface area (Å²) >= 11 is 0. The van der Waals surface area contributed by atoms with Gasteiger partial charge in [-0.05, 0) is 11.8 Å². The molecular formula is C14H29N3O2. The first kappa shape index (κ1) is 16.4. The molecule has 0 aromatic heterocycles. The lowest BCUT2D eigenvalue weighted by Crippen LogP contribution is -2.42. The molecule has 0 spiro atoms. The first-order valence-electron chi connectivity index (χ1n) is 7.19. The Hall–Kier alpha value is -0.650. The molecule has 1 aliphatic rings. The quantitative estimate of drug-likeness (QED) is 0.742. The standard InChI is InChI=1S/C14H29N3O2/c1-14(2,3)11-12(15)10-13(18)16-4-5-17-6-8-19-9-7-17/h12H,4-11,15H2,1-3H3,(H,16,18). The Balaban J connectivity index is 2.10. The minimum absolute atomic E-state index is 0.0524. The summed E-state index contributed by atoms with van der Waals surface area (Å²) in [5, 5.41) is 2.95. The van der Waals surface area contributed by atoms with Gasteiger partial charge in [0.2, 0.25) is 5.91 Å². The number of morpholine rings is 1. The van der Waals surface area contributed by atoms with E-state index in [9.17, 15) is 4.79 Å². The van der Waals surface area contributed by atoms with Gasteiger partial charge in [-0.25, -0.2) is 0 Å². The molecule has 1 saturated heterocycles. The van der Waals surface area contributed by atoms with E-state index in [2.05, 4.69) is 31.0 Å². The second-order valence-corrected chi connectivity index (χ2v) is 6.53. The fraction of sp³-hybridized carbons (Fsp3) is 0.929. The Morgan fingerprint density at radius 3 is 2.58 bits per heavy atom. The minimum Gasteiger partial charge on any atom is -0.379 e. The molecule has 1 atom stereocenters. The van der Waals surface area contributed by atoms with E-state index >= 15 is 0 Å². The molecule has 1 rings (SSSR count). The van der Waals surface area contributed by atoms with Crippen molar-refractivity contribution in [1.29, 1.82) is 0 Å². The summed E-state index contributed by atoms with van der Waals surface area (Å²) in [7, 11) is 0. The molecule has 1 aliphatic heterocycles. The SMILES string of the molecule is CC(C)(C)CC(N)CC(=O)NCCN1CCOCC1. The summed E-state index contributed by atoms with van der Waals surface area (Å²) in [5.74, 6) is 0.0602. The van der Waals surface area contributed by atoms with Crippen LogP contribution in [0, 0.1) is 5.41 Å². The summed E-state index contributed by atoms with van der Waals surface area (Å²) in [5.41, 5.74) is 6.16. The normalized spacial score (nSPS) is 19.2. The molecule has 1 heterocycles. The number of carbonyl (C=O) groups is 1. The summed E-state index contributed by atoms with van der Waals surface area (Å²) in [6, 6.07) is -0.0524. The van der Waals surface area contributed by atoms with E-state index in [-0.39, 0.29) is 17.4 Å². The van der Waals surface area contributed by atoms with E-state index in [1.165, 1.54) is 0 Å². The summed E-state index contributed by atoms with van der Waals surface area (Å²) in [6.45, 7) is 11.5. The van der Waals surface area contributed by atoms with Crippen LogP contribution in [0.4, 0.5) is 0 Å². The van der Waals surface area contributed by atoms with Crippen LogP contribution >= 0.6 is 0 Å². The Bertz CT molecular complexity index is 270. The minimum atomic E-state index is -0.0524. The largest absolute Gasteiger partial charge is 0.379 e. The van der Waals surface area contributed by atoms with Crippen molar-refractivity contribution in [2.24, 2.45) is 11.1 Å². The maximum absolute atomic E-state index is 11.7. The molecule has 19 heavy (non-hydrogen) atoms. The first-order chi connectivity index (χ1) is 8.87. The number of hydrogen-bond acceptors (Lipinski definition) is 4. The number of carbonyl (C=O) groups excluding carboxylic acids is 1. The molecule has 0 saturated carbocycles. The fourth-order valence-corrected chi connectivity index (χ4v) is 2.35. The van der Waals surface area contributed by atoms with Crippen LogP contribution in [0.15, 0.2) is 0 Å². The van der Waals surface area contributed by atoms with Crippen molar-refractivity contribution >= 4 is 5.91 Å². The van der Waals surface area contributed by atoms with E-state index < -0.39 is 0 Å². The van der Waals surface area contributed by atoms with Gasteiger partial charge in [0, 0.05) is 38.6 Å². The van der Waals surface area contributed by atoms with Gasteiger partial charge in [0.1, 0.15) is 0 Å². The molecule has 0 aromatic carbocycles. The third-order valence-electron chi connectivity index (χ3n) is 3.18. The molecule has 0 bridgehead atoms. The van der Waals surface area contributed by atoms with Crippen LogP contribution in [-0.2, 0) is 9.53 Å². The molecule has 112 valence electrons. The predicted octanol–water partition coefficient (Wildman–Crippen LogP) is 0.588. The van der Waals surface area contributed by atoms with Crippen LogP contribution in [0.2, 0.25) is 0 Å². The Kier molecular flexibility index (Phi) is 6.75. The summed E-state index contributed by atoms with van der Waals surface area (Å²) in [4.78, 5) is 14.1. The van der Waals surface area contributed by atoms with Gasteiger partial charge >= 0.3 is 0 Å². The van der Waals surface area contributed by atoms with Gasteiger partial charge in [-0.3, -0.25) is 9.69 Å². The fourth-order valence-electron chi connectivity index (χ4n) is 2.35. The van der Waals surface area contributed by atoms with Gasteiger partial charge in [-0.2, -0.15) is 0 Å². The van der Waals surface area contributed by atoms with Crippen LogP contribution in [0.25, 0.3) is 0 Å². The van der Waals surface area contributed by atoms with E-state index in [0.717, 1.165) is 39.3 Å². The molecule has 0 aliphatic carbocycles. The molecule has 0 aromatic rings. The zero-order valence-corrected chi connectivity index (χ0v) is 12.6. The van der Waals surface area contributed by atoms with Gasteiger partial charge < -0.3 is 15.8 Å².